The third-order valence-electron chi connectivity index (χ3n) is 6.33. The van der Waals surface area contributed by atoms with Gasteiger partial charge in [-0.3, -0.25) is 19.6 Å². The smallest absolute Gasteiger partial charge is 0.109 e. The van der Waals surface area contributed by atoms with E-state index in [0.29, 0.717) is 19.6 Å². The lowest BCUT2D eigenvalue weighted by atomic mass is 9.88. The Morgan fingerprint density at radius 3 is 2.84 bits per heavy atom. The first-order chi connectivity index (χ1) is 15.0. The maximum atomic E-state index is 9.59. The lowest BCUT2D eigenvalue weighted by Crippen LogP contribution is -2.23. The van der Waals surface area contributed by atoms with Gasteiger partial charge in [0, 0.05) is 24.6 Å². The number of aliphatic hydroxyl groups excluding tert-OH is 1. The Balaban J connectivity index is 1.75. The molecule has 4 heterocycles. The van der Waals surface area contributed by atoms with Crippen LogP contribution in [0.25, 0.3) is 11.3 Å². The third kappa shape index (κ3) is 3.38. The van der Waals surface area contributed by atoms with Gasteiger partial charge in [0.2, 0.25) is 0 Å². The van der Waals surface area contributed by atoms with Crippen molar-refractivity contribution in [3.63, 3.8) is 0 Å². The predicted octanol–water partition coefficient (Wildman–Crippen LogP) is 3.00. The molecule has 0 saturated carbocycles. The summed E-state index contributed by atoms with van der Waals surface area (Å²) in [7, 11) is 2.13. The first-order valence-corrected chi connectivity index (χ1v) is 10.8. The van der Waals surface area contributed by atoms with Gasteiger partial charge in [0.25, 0.3) is 0 Å². The second kappa shape index (κ2) is 7.66. The van der Waals surface area contributed by atoms with Gasteiger partial charge in [0.1, 0.15) is 5.69 Å². The van der Waals surface area contributed by atoms with Crippen LogP contribution in [0.5, 0.6) is 0 Å². The van der Waals surface area contributed by atoms with Gasteiger partial charge >= 0.3 is 0 Å². The van der Waals surface area contributed by atoms with Crippen LogP contribution in [0.3, 0.4) is 0 Å². The molecule has 0 unspecified atom stereocenters. The van der Waals surface area contributed by atoms with Crippen LogP contribution >= 0.6 is 0 Å². The molecular weight excluding hydrogens is 388 g/mol. The van der Waals surface area contributed by atoms with Crippen molar-refractivity contribution in [2.45, 2.75) is 52.9 Å². The van der Waals surface area contributed by atoms with Crippen molar-refractivity contribution in [1.29, 1.82) is 0 Å². The first kappa shape index (κ1) is 20.0. The van der Waals surface area contributed by atoms with E-state index < -0.39 is 0 Å². The molecule has 1 N–H and O–H groups in total. The van der Waals surface area contributed by atoms with E-state index in [0.717, 1.165) is 46.3 Å². The molecule has 0 spiro atoms. The molecule has 7 nitrogen and oxygen atoms in total. The molecule has 2 aliphatic rings. The summed E-state index contributed by atoms with van der Waals surface area (Å²) in [5.74, 6) is 0.145. The van der Waals surface area contributed by atoms with Gasteiger partial charge in [-0.25, -0.2) is 4.98 Å². The van der Waals surface area contributed by atoms with Gasteiger partial charge in [0.15, 0.2) is 0 Å². The van der Waals surface area contributed by atoms with Crippen LogP contribution in [0.1, 0.15) is 52.3 Å². The topological polar surface area (TPSA) is 79.4 Å². The molecule has 7 heteroatoms. The zero-order chi connectivity index (χ0) is 21.7. The molecule has 0 amide bonds. The first-order valence-electron chi connectivity index (χ1n) is 10.8. The van der Waals surface area contributed by atoms with Gasteiger partial charge in [-0.2, -0.15) is 5.10 Å². The summed E-state index contributed by atoms with van der Waals surface area (Å²) in [5, 5.41) is 14.3. The minimum absolute atomic E-state index is 0.0452. The highest BCUT2D eigenvalue weighted by Crippen LogP contribution is 2.34. The molecule has 0 saturated heterocycles. The lowest BCUT2D eigenvalue weighted by Gasteiger charge is -2.24. The summed E-state index contributed by atoms with van der Waals surface area (Å²) < 4.78 is 1.91. The molecule has 0 fully saturated rings. The summed E-state index contributed by atoms with van der Waals surface area (Å²) in [5.41, 5.74) is 10.5. The van der Waals surface area contributed by atoms with Crippen LogP contribution in [0.2, 0.25) is 0 Å². The Labute approximate surface area is 182 Å². The highest BCUT2D eigenvalue weighted by molar-refractivity contribution is 6.06. The van der Waals surface area contributed by atoms with Gasteiger partial charge < -0.3 is 5.11 Å². The molecular formula is C24H28N6O. The van der Waals surface area contributed by atoms with Crippen LogP contribution in [0.15, 0.2) is 29.4 Å². The Morgan fingerprint density at radius 1 is 1.19 bits per heavy atom. The summed E-state index contributed by atoms with van der Waals surface area (Å²) in [6.07, 6.45) is 1.85. The van der Waals surface area contributed by atoms with Crippen LogP contribution in [-0.2, 0) is 26.2 Å². The Kier molecular flexibility index (Phi) is 4.95. The average Bonchev–Trinajstić information content (AvgIpc) is 3.29. The minimum Gasteiger partial charge on any atom is -0.394 e. The van der Waals surface area contributed by atoms with E-state index in [-0.39, 0.29) is 12.5 Å². The van der Waals surface area contributed by atoms with Crippen LogP contribution in [0.4, 0.5) is 0 Å². The predicted molar refractivity (Wildman–Crippen MR) is 120 cm³/mol. The number of aryl methyl sites for hydroxylation is 2. The second-order valence-electron chi connectivity index (χ2n) is 8.70. The quantitative estimate of drug-likeness (QED) is 0.695. The molecule has 2 aromatic heterocycles. The minimum atomic E-state index is 0.0452. The Hall–Kier alpha value is -2.90. The largest absolute Gasteiger partial charge is 0.394 e. The van der Waals surface area contributed by atoms with Crippen molar-refractivity contribution in [3.8, 4) is 11.3 Å². The lowest BCUT2D eigenvalue weighted by molar-refractivity contribution is 0.258. The number of aliphatic hydroxyl groups is 1. The number of hydrogen-bond acceptors (Lipinski definition) is 6. The fourth-order valence-corrected chi connectivity index (χ4v) is 4.85. The van der Waals surface area contributed by atoms with Crippen molar-refractivity contribution >= 4 is 5.71 Å². The highest BCUT2D eigenvalue weighted by Gasteiger charge is 2.29. The Bertz CT molecular complexity index is 1200. The number of benzene rings is 1. The van der Waals surface area contributed by atoms with Gasteiger partial charge in [0.05, 0.1) is 54.4 Å². The molecule has 5 rings (SSSR count). The normalized spacial score (nSPS) is 18.1. The van der Waals surface area contributed by atoms with E-state index in [1.54, 1.807) is 0 Å². The van der Waals surface area contributed by atoms with E-state index in [9.17, 15) is 5.11 Å². The maximum Gasteiger partial charge on any atom is 0.109 e. The standard InChI is InChI=1S/C24H28N6O/c1-14-5-6-17-12-29(4)13-21-22(16(3)28-30(21)7-8-31)19-10-25-20-11-26-23(24(20)27-19)15(2)18(17)9-14/h5-6,9-10,15,31H,7-8,11-13H2,1-4H3/t15-/m1/s1. The highest BCUT2D eigenvalue weighted by atomic mass is 16.3. The summed E-state index contributed by atoms with van der Waals surface area (Å²) in [6, 6.07) is 6.70. The van der Waals surface area contributed by atoms with Crippen LogP contribution < -0.4 is 0 Å². The van der Waals surface area contributed by atoms with Gasteiger partial charge in [-0.05, 0) is 32.0 Å². The zero-order valence-corrected chi connectivity index (χ0v) is 18.6. The molecule has 2 bridgehead atoms. The number of nitrogens with zero attached hydrogens (tertiary/aromatic N) is 6. The van der Waals surface area contributed by atoms with Crippen molar-refractivity contribution in [2.75, 3.05) is 13.7 Å². The molecule has 0 aliphatic carbocycles. The summed E-state index contributed by atoms with van der Waals surface area (Å²) in [4.78, 5) is 17.0. The van der Waals surface area contributed by atoms with Gasteiger partial charge in [-0.15, -0.1) is 0 Å². The van der Waals surface area contributed by atoms with E-state index in [4.69, 9.17) is 20.1 Å². The number of rotatable bonds is 2. The summed E-state index contributed by atoms with van der Waals surface area (Å²) >= 11 is 0. The fourth-order valence-electron chi connectivity index (χ4n) is 4.85. The van der Waals surface area contributed by atoms with Crippen molar-refractivity contribution in [2.24, 2.45) is 4.99 Å². The van der Waals surface area contributed by atoms with Crippen molar-refractivity contribution < 1.29 is 5.11 Å². The number of hydrogen-bond donors (Lipinski definition) is 1. The molecule has 1 aromatic carbocycles. The monoisotopic (exact) mass is 416 g/mol. The van der Waals surface area contributed by atoms with Crippen LogP contribution in [-0.4, -0.2) is 49.1 Å². The van der Waals surface area contributed by atoms with E-state index in [1.807, 2.05) is 17.8 Å². The molecule has 3 aromatic rings. The summed E-state index contributed by atoms with van der Waals surface area (Å²) in [6.45, 7) is 8.98. The molecule has 31 heavy (non-hydrogen) atoms. The SMILES string of the molecule is Cc1ccc2c(c1)[C@@H](C)C1=NCc3ncc(nc31)-c1c(C)nn(CCO)c1CN(C)C2. The number of fused-ring (bicyclic) bond motifs is 4. The van der Waals surface area contributed by atoms with Crippen molar-refractivity contribution in [3.05, 3.63) is 63.9 Å². The van der Waals surface area contributed by atoms with Gasteiger partial charge in [-0.1, -0.05) is 30.7 Å². The van der Waals surface area contributed by atoms with E-state index >= 15 is 0 Å². The third-order valence-corrected chi connectivity index (χ3v) is 6.33. The average molecular weight is 417 g/mol. The van der Waals surface area contributed by atoms with Crippen molar-refractivity contribution in [1.82, 2.24) is 24.6 Å². The van der Waals surface area contributed by atoms with E-state index in [1.165, 1.54) is 16.7 Å². The zero-order valence-electron chi connectivity index (χ0n) is 18.6. The van der Waals surface area contributed by atoms with Crippen LogP contribution in [0, 0.1) is 13.8 Å². The molecule has 2 aliphatic heterocycles. The molecule has 1 atom stereocenters. The fraction of sp³-hybridized carbons (Fsp3) is 0.417. The number of aliphatic imine (C=N–C) groups is 1. The molecule has 160 valence electrons. The van der Waals surface area contributed by atoms with E-state index in [2.05, 4.69) is 44.0 Å². The molecule has 0 radical (unpaired) electrons. The number of aromatic nitrogens is 4. The second-order valence-corrected chi connectivity index (χ2v) is 8.70. The maximum absolute atomic E-state index is 9.59. The Morgan fingerprint density at radius 2 is 2.03 bits per heavy atom.